The number of hydrogen-bond acceptors (Lipinski definition) is 2. The van der Waals surface area contributed by atoms with Crippen molar-refractivity contribution in [1.29, 1.82) is 0 Å². The standard InChI is InChI=1S/C49H33NO/c1-3-15-34(16-4-1)35-29-31-38(32-30-35)50(37-18-5-2-6-19-37)39-20-13-17-36(33-39)49(44-25-10-7-21-40(44)41-22-8-11-26-45(41)49)46-27-14-24-43-42-23-9-12-28-47(42)51-48(43)46/h1-33H. The molecule has 1 aliphatic rings. The van der Waals surface area contributed by atoms with Crippen LogP contribution in [0.1, 0.15) is 22.3 Å². The van der Waals surface area contributed by atoms with E-state index in [1.54, 1.807) is 0 Å². The van der Waals surface area contributed by atoms with Crippen molar-refractivity contribution in [3.05, 3.63) is 222 Å². The van der Waals surface area contributed by atoms with Gasteiger partial charge in [0.1, 0.15) is 11.2 Å². The average Bonchev–Trinajstić information content (AvgIpc) is 3.74. The van der Waals surface area contributed by atoms with Gasteiger partial charge >= 0.3 is 0 Å². The van der Waals surface area contributed by atoms with Crippen LogP contribution < -0.4 is 4.90 Å². The van der Waals surface area contributed by atoms with Gasteiger partial charge in [0, 0.05) is 33.4 Å². The van der Waals surface area contributed by atoms with Gasteiger partial charge in [0.05, 0.1) is 5.41 Å². The van der Waals surface area contributed by atoms with Gasteiger partial charge in [-0.15, -0.1) is 0 Å². The third kappa shape index (κ3) is 4.50. The second-order valence-electron chi connectivity index (χ2n) is 13.3. The molecule has 0 fully saturated rings. The molecule has 0 unspecified atom stereocenters. The van der Waals surface area contributed by atoms with Gasteiger partial charge in [-0.3, -0.25) is 0 Å². The number of rotatable bonds is 6. The highest BCUT2D eigenvalue weighted by Crippen LogP contribution is 2.58. The van der Waals surface area contributed by atoms with E-state index in [0.717, 1.165) is 44.6 Å². The maximum absolute atomic E-state index is 6.83. The number of anilines is 3. The van der Waals surface area contributed by atoms with Gasteiger partial charge in [0.15, 0.2) is 0 Å². The van der Waals surface area contributed by atoms with Crippen molar-refractivity contribution in [1.82, 2.24) is 0 Å². The molecular weight excluding hydrogens is 619 g/mol. The Morgan fingerprint density at radius 1 is 0.373 bits per heavy atom. The lowest BCUT2D eigenvalue weighted by molar-refractivity contribution is 0.648. The maximum atomic E-state index is 6.83. The van der Waals surface area contributed by atoms with E-state index in [9.17, 15) is 0 Å². The van der Waals surface area contributed by atoms with E-state index in [4.69, 9.17) is 4.42 Å². The van der Waals surface area contributed by atoms with Crippen LogP contribution in [0.3, 0.4) is 0 Å². The fourth-order valence-electron chi connectivity index (χ4n) is 8.37. The van der Waals surface area contributed by atoms with E-state index in [2.05, 4.69) is 199 Å². The number of para-hydroxylation sites is 3. The molecule has 1 aromatic heterocycles. The molecule has 51 heavy (non-hydrogen) atoms. The highest BCUT2D eigenvalue weighted by molar-refractivity contribution is 6.07. The second-order valence-corrected chi connectivity index (χ2v) is 13.3. The molecule has 0 saturated carbocycles. The van der Waals surface area contributed by atoms with Crippen LogP contribution in [0.4, 0.5) is 17.1 Å². The van der Waals surface area contributed by atoms with Crippen molar-refractivity contribution in [2.45, 2.75) is 5.41 Å². The van der Waals surface area contributed by atoms with Crippen LogP contribution in [-0.2, 0) is 5.41 Å². The largest absolute Gasteiger partial charge is 0.456 e. The summed E-state index contributed by atoms with van der Waals surface area (Å²) < 4.78 is 6.83. The van der Waals surface area contributed by atoms with Crippen LogP contribution in [0, 0.1) is 0 Å². The minimum atomic E-state index is -0.629. The fourth-order valence-corrected chi connectivity index (χ4v) is 8.37. The molecule has 0 spiro atoms. The molecule has 9 aromatic rings. The summed E-state index contributed by atoms with van der Waals surface area (Å²) in [6.07, 6.45) is 0. The Bertz CT molecular complexity index is 2640. The van der Waals surface area contributed by atoms with Gasteiger partial charge in [-0.2, -0.15) is 0 Å². The molecule has 8 aromatic carbocycles. The maximum Gasteiger partial charge on any atom is 0.140 e. The Morgan fingerprint density at radius 2 is 0.902 bits per heavy atom. The van der Waals surface area contributed by atoms with Gasteiger partial charge in [0.25, 0.3) is 0 Å². The minimum Gasteiger partial charge on any atom is -0.456 e. The Balaban J connectivity index is 1.24. The molecule has 0 amide bonds. The number of nitrogens with zero attached hydrogens (tertiary/aromatic N) is 1. The summed E-state index contributed by atoms with van der Waals surface area (Å²) in [6, 6.07) is 72.1. The summed E-state index contributed by atoms with van der Waals surface area (Å²) in [5, 5.41) is 2.26. The zero-order valence-corrected chi connectivity index (χ0v) is 27.9. The predicted octanol–water partition coefficient (Wildman–Crippen LogP) is 13.1. The van der Waals surface area contributed by atoms with Crippen molar-refractivity contribution in [2.24, 2.45) is 0 Å². The van der Waals surface area contributed by atoms with Gasteiger partial charge < -0.3 is 9.32 Å². The Kier molecular flexibility index (Phi) is 6.75. The van der Waals surface area contributed by atoms with Crippen LogP contribution in [0.5, 0.6) is 0 Å². The van der Waals surface area contributed by atoms with Crippen molar-refractivity contribution < 1.29 is 4.42 Å². The summed E-state index contributed by atoms with van der Waals surface area (Å²) in [6.45, 7) is 0. The first kappa shape index (κ1) is 29.3. The van der Waals surface area contributed by atoms with Crippen molar-refractivity contribution in [2.75, 3.05) is 4.90 Å². The molecule has 10 rings (SSSR count). The molecule has 1 heterocycles. The quantitative estimate of drug-likeness (QED) is 0.178. The number of hydrogen-bond donors (Lipinski definition) is 0. The van der Waals surface area contributed by atoms with Gasteiger partial charge in [0.2, 0.25) is 0 Å². The Hall–Kier alpha value is -6.64. The number of furan rings is 1. The summed E-state index contributed by atoms with van der Waals surface area (Å²) in [4.78, 5) is 2.36. The third-order valence-corrected chi connectivity index (χ3v) is 10.5. The molecule has 0 saturated heterocycles. The summed E-state index contributed by atoms with van der Waals surface area (Å²) in [5.74, 6) is 0. The van der Waals surface area contributed by atoms with Crippen LogP contribution in [0.15, 0.2) is 205 Å². The van der Waals surface area contributed by atoms with Gasteiger partial charge in [-0.05, 0) is 81.4 Å². The third-order valence-electron chi connectivity index (χ3n) is 10.5. The lowest BCUT2D eigenvalue weighted by Crippen LogP contribution is -2.29. The van der Waals surface area contributed by atoms with E-state index in [-0.39, 0.29) is 0 Å². The Morgan fingerprint density at radius 3 is 1.65 bits per heavy atom. The van der Waals surface area contributed by atoms with Crippen molar-refractivity contribution >= 4 is 39.0 Å². The first-order valence-corrected chi connectivity index (χ1v) is 17.5. The van der Waals surface area contributed by atoms with Crippen LogP contribution in [-0.4, -0.2) is 0 Å². The summed E-state index contributed by atoms with van der Waals surface area (Å²) in [7, 11) is 0. The molecule has 0 aliphatic heterocycles. The minimum absolute atomic E-state index is 0.629. The van der Waals surface area contributed by atoms with Crippen molar-refractivity contribution in [3.63, 3.8) is 0 Å². The van der Waals surface area contributed by atoms with Crippen LogP contribution >= 0.6 is 0 Å². The second kappa shape index (κ2) is 11.8. The molecule has 0 N–H and O–H groups in total. The zero-order valence-electron chi connectivity index (χ0n) is 27.9. The van der Waals surface area contributed by atoms with E-state index in [1.807, 2.05) is 6.07 Å². The van der Waals surface area contributed by atoms with Crippen molar-refractivity contribution in [3.8, 4) is 22.3 Å². The van der Waals surface area contributed by atoms with E-state index >= 15 is 0 Å². The summed E-state index contributed by atoms with van der Waals surface area (Å²) >= 11 is 0. The van der Waals surface area contributed by atoms with Crippen LogP contribution in [0.2, 0.25) is 0 Å². The molecule has 2 heteroatoms. The van der Waals surface area contributed by atoms with E-state index in [0.29, 0.717) is 0 Å². The van der Waals surface area contributed by atoms with Gasteiger partial charge in [-0.25, -0.2) is 0 Å². The fraction of sp³-hybridized carbons (Fsp3) is 0.0204. The SMILES string of the molecule is c1ccc(-c2ccc(N(c3ccccc3)c3cccc(C4(c5cccc6c5oc5ccccc56)c5ccccc5-c5ccccc54)c3)cc2)cc1. The Labute approximate surface area is 297 Å². The van der Waals surface area contributed by atoms with E-state index in [1.165, 1.54) is 38.9 Å². The van der Waals surface area contributed by atoms with Gasteiger partial charge in [-0.1, -0.05) is 158 Å². The predicted molar refractivity (Wildman–Crippen MR) is 211 cm³/mol. The highest BCUT2D eigenvalue weighted by atomic mass is 16.3. The molecule has 240 valence electrons. The number of benzene rings is 8. The molecule has 2 nitrogen and oxygen atoms in total. The monoisotopic (exact) mass is 651 g/mol. The lowest BCUT2D eigenvalue weighted by Gasteiger charge is -2.35. The first-order valence-electron chi connectivity index (χ1n) is 17.5. The molecular formula is C49H33NO. The smallest absolute Gasteiger partial charge is 0.140 e. The van der Waals surface area contributed by atoms with E-state index < -0.39 is 5.41 Å². The topological polar surface area (TPSA) is 16.4 Å². The zero-order chi connectivity index (χ0) is 33.8. The summed E-state index contributed by atoms with van der Waals surface area (Å²) in [5.41, 5.74) is 14.2. The highest BCUT2D eigenvalue weighted by Gasteiger charge is 2.47. The normalized spacial score (nSPS) is 12.9. The molecule has 0 radical (unpaired) electrons. The average molecular weight is 652 g/mol. The number of fused-ring (bicyclic) bond motifs is 6. The first-order chi connectivity index (χ1) is 25.3. The molecule has 1 aliphatic carbocycles. The molecule has 0 bridgehead atoms. The van der Waals surface area contributed by atoms with Crippen LogP contribution in [0.25, 0.3) is 44.2 Å². The lowest BCUT2D eigenvalue weighted by atomic mass is 9.67. The molecule has 0 atom stereocenters.